The number of aromatic nitrogens is 2. The summed E-state index contributed by atoms with van der Waals surface area (Å²) in [6, 6.07) is 7.20. The lowest BCUT2D eigenvalue weighted by Crippen LogP contribution is -2.55. The van der Waals surface area contributed by atoms with Crippen LogP contribution in [0.4, 0.5) is 23.0 Å². The number of fused-ring (bicyclic) bond motifs is 3. The SMILES string of the molecule is N#Cc1c(N)sc2c(F)ccc(-c3c(Cl)cc4c(OC5CCN(C(=O)N6CC[C@H]6C#N)C5)nc(OC[C@@]56CCCN5C[C@H](F)C6)nc4c3F)c12. The molecule has 0 saturated carbocycles. The fourth-order valence-electron chi connectivity index (χ4n) is 7.79. The molecule has 8 rings (SSSR count). The average molecular weight is 723 g/mol. The number of likely N-dealkylation sites (tertiary alicyclic amines) is 2. The van der Waals surface area contributed by atoms with Crippen LogP contribution < -0.4 is 15.2 Å². The van der Waals surface area contributed by atoms with Gasteiger partial charge in [-0.05, 0) is 43.5 Å². The van der Waals surface area contributed by atoms with Crippen LogP contribution in [0.1, 0.15) is 37.7 Å². The maximum absolute atomic E-state index is 16.9. The lowest BCUT2D eigenvalue weighted by molar-refractivity contribution is 0.104. The average Bonchev–Trinajstić information content (AvgIpc) is 3.84. The maximum Gasteiger partial charge on any atom is 0.321 e. The van der Waals surface area contributed by atoms with Crippen LogP contribution in [0.15, 0.2) is 18.2 Å². The number of carbonyl (C=O) groups is 1. The van der Waals surface area contributed by atoms with Crippen LogP contribution in [-0.2, 0) is 0 Å². The molecule has 16 heteroatoms. The van der Waals surface area contributed by atoms with E-state index in [-0.39, 0.29) is 78.8 Å². The first kappa shape index (κ1) is 32.6. The van der Waals surface area contributed by atoms with E-state index in [0.717, 1.165) is 36.8 Å². The van der Waals surface area contributed by atoms with Gasteiger partial charge in [0, 0.05) is 43.4 Å². The maximum atomic E-state index is 16.9. The van der Waals surface area contributed by atoms with Crippen molar-refractivity contribution in [1.29, 1.82) is 10.5 Å². The Hall–Kier alpha value is -4.57. The molecule has 2 aromatic carbocycles. The second kappa shape index (κ2) is 12.3. The molecule has 4 aliphatic rings. The molecule has 11 nitrogen and oxygen atoms in total. The Morgan fingerprint density at radius 1 is 1.18 bits per heavy atom. The van der Waals surface area contributed by atoms with Crippen LogP contribution in [0, 0.1) is 34.3 Å². The van der Waals surface area contributed by atoms with E-state index in [1.165, 1.54) is 17.0 Å². The molecule has 4 fully saturated rings. The van der Waals surface area contributed by atoms with Crippen LogP contribution in [-0.4, -0.2) is 93.9 Å². The van der Waals surface area contributed by atoms with Crippen molar-refractivity contribution in [2.24, 2.45) is 0 Å². The van der Waals surface area contributed by atoms with Crippen molar-refractivity contribution in [2.45, 2.75) is 56.0 Å². The number of amides is 2. The predicted molar refractivity (Wildman–Crippen MR) is 180 cm³/mol. The number of anilines is 1. The highest BCUT2D eigenvalue weighted by atomic mass is 35.5. The van der Waals surface area contributed by atoms with Gasteiger partial charge in [0.1, 0.15) is 47.3 Å². The van der Waals surface area contributed by atoms with E-state index in [9.17, 15) is 24.1 Å². The first-order chi connectivity index (χ1) is 24.1. The Balaban J connectivity index is 1.19. The summed E-state index contributed by atoms with van der Waals surface area (Å²) in [5.74, 6) is -1.51. The zero-order chi connectivity index (χ0) is 34.9. The van der Waals surface area contributed by atoms with Crippen LogP contribution in [0.3, 0.4) is 0 Å². The molecule has 4 aliphatic heterocycles. The molecule has 1 unspecified atom stereocenters. The normalized spacial score (nSPS) is 24.7. The topological polar surface area (TPSA) is 145 Å². The number of nitriles is 2. The van der Waals surface area contributed by atoms with Crippen molar-refractivity contribution < 1.29 is 27.4 Å². The number of benzene rings is 2. The molecule has 4 atom stereocenters. The third-order valence-electron chi connectivity index (χ3n) is 10.4. The van der Waals surface area contributed by atoms with Gasteiger partial charge in [-0.3, -0.25) is 4.90 Å². The van der Waals surface area contributed by atoms with Crippen molar-refractivity contribution >= 4 is 55.0 Å². The summed E-state index contributed by atoms with van der Waals surface area (Å²) < 4.78 is 58.8. The van der Waals surface area contributed by atoms with Crippen molar-refractivity contribution in [3.05, 3.63) is 40.4 Å². The number of hydrogen-bond donors (Lipinski definition) is 1. The summed E-state index contributed by atoms with van der Waals surface area (Å²) >= 11 is 7.66. The van der Waals surface area contributed by atoms with Gasteiger partial charge in [0.25, 0.3) is 0 Å². The number of urea groups is 1. The van der Waals surface area contributed by atoms with Crippen molar-refractivity contribution in [3.8, 4) is 35.2 Å². The number of rotatable bonds is 6. The highest BCUT2D eigenvalue weighted by Crippen LogP contribution is 2.46. The van der Waals surface area contributed by atoms with Gasteiger partial charge in [-0.15, -0.1) is 11.3 Å². The molecule has 0 spiro atoms. The smallest absolute Gasteiger partial charge is 0.321 e. The Morgan fingerprint density at radius 2 is 2.02 bits per heavy atom. The van der Waals surface area contributed by atoms with Gasteiger partial charge >= 0.3 is 12.0 Å². The molecule has 258 valence electrons. The molecule has 4 aromatic rings. The largest absolute Gasteiger partial charge is 0.472 e. The molecule has 0 bridgehead atoms. The minimum atomic E-state index is -0.984. The van der Waals surface area contributed by atoms with Crippen LogP contribution in [0.2, 0.25) is 5.02 Å². The zero-order valence-electron chi connectivity index (χ0n) is 26.6. The minimum absolute atomic E-state index is 0.00792. The Kier molecular flexibility index (Phi) is 8.05. The number of nitrogens with two attached hydrogens (primary N) is 1. The third-order valence-corrected chi connectivity index (χ3v) is 11.7. The number of carbonyl (C=O) groups excluding carboxylic acids is 1. The molecule has 6 heterocycles. The summed E-state index contributed by atoms with van der Waals surface area (Å²) in [5, 5.41) is 19.5. The standard InChI is InChI=1S/C34H30ClF3N8O3S/c35-23-10-21-28(27(38)26(23)20-2-3-24(37)29-25(20)22(13-40)30(41)50-29)42-32(48-16-34-6-1-7-45(34)14-17(36)11-34)43-31(21)49-19-5-8-44(15-19)33(47)46-9-4-18(46)12-39/h2-3,10,17-19H,1,4-9,11,14-16,41H2/t17-,18+,19?,34+/m1/s1. The molecule has 2 aromatic heterocycles. The molecule has 4 saturated heterocycles. The Labute approximate surface area is 293 Å². The number of nitrogen functional groups attached to an aromatic ring is 1. The second-order valence-corrected chi connectivity index (χ2v) is 14.7. The van der Waals surface area contributed by atoms with Crippen molar-refractivity contribution in [3.63, 3.8) is 0 Å². The molecular weight excluding hydrogens is 693 g/mol. The fraction of sp³-hybridized carbons (Fsp3) is 0.441. The van der Waals surface area contributed by atoms with Gasteiger partial charge in [-0.2, -0.15) is 20.5 Å². The van der Waals surface area contributed by atoms with E-state index in [1.807, 2.05) is 6.07 Å². The molecule has 50 heavy (non-hydrogen) atoms. The van der Waals surface area contributed by atoms with Gasteiger partial charge < -0.3 is 25.0 Å². The first-order valence-electron chi connectivity index (χ1n) is 16.3. The third kappa shape index (κ3) is 5.22. The van der Waals surface area contributed by atoms with Crippen LogP contribution in [0.25, 0.3) is 32.1 Å². The van der Waals surface area contributed by atoms with E-state index < -0.39 is 35.5 Å². The first-order valence-corrected chi connectivity index (χ1v) is 17.5. The summed E-state index contributed by atoms with van der Waals surface area (Å²) in [7, 11) is 0. The van der Waals surface area contributed by atoms with Crippen LogP contribution >= 0.6 is 22.9 Å². The number of nitrogens with zero attached hydrogens (tertiary/aromatic N) is 7. The monoisotopic (exact) mass is 722 g/mol. The van der Waals surface area contributed by atoms with Gasteiger partial charge in [-0.1, -0.05) is 17.7 Å². The number of ether oxygens (including phenoxy) is 2. The van der Waals surface area contributed by atoms with Crippen molar-refractivity contribution in [2.75, 3.05) is 45.1 Å². The van der Waals surface area contributed by atoms with Crippen molar-refractivity contribution in [1.82, 2.24) is 24.7 Å². The summed E-state index contributed by atoms with van der Waals surface area (Å²) in [5.41, 5.74) is 5.37. The Morgan fingerprint density at radius 3 is 2.78 bits per heavy atom. The number of hydrogen-bond acceptors (Lipinski definition) is 10. The van der Waals surface area contributed by atoms with Gasteiger partial charge in [0.2, 0.25) is 5.88 Å². The lowest BCUT2D eigenvalue weighted by atomic mass is 9.95. The van der Waals surface area contributed by atoms with E-state index in [1.54, 1.807) is 4.90 Å². The van der Waals surface area contributed by atoms with Crippen LogP contribution in [0.5, 0.6) is 11.9 Å². The highest BCUT2D eigenvalue weighted by molar-refractivity contribution is 7.23. The van der Waals surface area contributed by atoms with E-state index in [2.05, 4.69) is 20.9 Å². The second-order valence-electron chi connectivity index (χ2n) is 13.3. The fourth-order valence-corrected chi connectivity index (χ4v) is 9.04. The van der Waals surface area contributed by atoms with Gasteiger partial charge in [0.15, 0.2) is 5.82 Å². The molecular formula is C34H30ClF3N8O3S. The molecule has 0 radical (unpaired) electrons. The summed E-state index contributed by atoms with van der Waals surface area (Å²) in [6.45, 7) is 2.26. The molecule has 0 aliphatic carbocycles. The zero-order valence-corrected chi connectivity index (χ0v) is 28.2. The minimum Gasteiger partial charge on any atom is -0.472 e. The highest BCUT2D eigenvalue weighted by Gasteiger charge is 2.49. The van der Waals surface area contributed by atoms with E-state index >= 15 is 4.39 Å². The van der Waals surface area contributed by atoms with Gasteiger partial charge in [-0.25, -0.2) is 18.0 Å². The summed E-state index contributed by atoms with van der Waals surface area (Å²) in [4.78, 5) is 27.3. The number of alkyl halides is 1. The molecule has 2 amide bonds. The lowest BCUT2D eigenvalue weighted by Gasteiger charge is -2.38. The number of halogens is 4. The van der Waals surface area contributed by atoms with E-state index in [0.29, 0.717) is 38.9 Å². The summed E-state index contributed by atoms with van der Waals surface area (Å²) in [6.07, 6.45) is 1.51. The van der Waals surface area contributed by atoms with Gasteiger partial charge in [0.05, 0.1) is 38.8 Å². The number of thiophene rings is 1. The quantitative estimate of drug-likeness (QED) is 0.253. The van der Waals surface area contributed by atoms with E-state index in [4.69, 9.17) is 26.8 Å². The predicted octanol–water partition coefficient (Wildman–Crippen LogP) is 6.02. The molecule has 2 N–H and O–H groups in total. The Bertz CT molecular complexity index is 2160.